The number of carbonyl (C=O) groups excluding carboxylic acids is 1. The van der Waals surface area contributed by atoms with Crippen molar-refractivity contribution in [3.05, 3.63) is 64.7 Å². The number of nitrogens with one attached hydrogen (secondary N) is 1. The van der Waals surface area contributed by atoms with Gasteiger partial charge < -0.3 is 4.74 Å². The van der Waals surface area contributed by atoms with Gasteiger partial charge in [0.1, 0.15) is 11.8 Å². The molecule has 22 heavy (non-hydrogen) atoms. The summed E-state index contributed by atoms with van der Waals surface area (Å²) in [4.78, 5) is 11.9. The van der Waals surface area contributed by atoms with Gasteiger partial charge in [-0.05, 0) is 24.3 Å². The van der Waals surface area contributed by atoms with Gasteiger partial charge in [0, 0.05) is 5.56 Å². The van der Waals surface area contributed by atoms with Crippen molar-refractivity contribution in [1.29, 1.82) is 5.26 Å². The highest BCUT2D eigenvalue weighted by Crippen LogP contribution is 2.16. The molecule has 1 amide bonds. The van der Waals surface area contributed by atoms with E-state index in [1.165, 1.54) is 6.21 Å². The molecule has 0 aliphatic carbocycles. The van der Waals surface area contributed by atoms with Crippen molar-refractivity contribution in [1.82, 2.24) is 5.43 Å². The highest BCUT2D eigenvalue weighted by Gasteiger charge is 2.08. The molecule has 0 saturated carbocycles. The molecule has 2 rings (SSSR count). The molecule has 0 atom stereocenters. The number of para-hydroxylation sites is 1. The van der Waals surface area contributed by atoms with Gasteiger partial charge in [0.25, 0.3) is 5.91 Å². The highest BCUT2D eigenvalue weighted by atomic mass is 35.5. The van der Waals surface area contributed by atoms with Crippen molar-refractivity contribution in [3.8, 4) is 11.8 Å². The first-order chi connectivity index (χ1) is 10.7. The van der Waals surface area contributed by atoms with Crippen LogP contribution in [0.2, 0.25) is 5.02 Å². The van der Waals surface area contributed by atoms with Crippen LogP contribution in [0.15, 0.2) is 53.6 Å². The summed E-state index contributed by atoms with van der Waals surface area (Å²) >= 11 is 5.93. The lowest BCUT2D eigenvalue weighted by Crippen LogP contribution is -2.18. The third-order valence-electron chi connectivity index (χ3n) is 2.70. The Kier molecular flexibility index (Phi) is 5.52. The van der Waals surface area contributed by atoms with Gasteiger partial charge >= 0.3 is 0 Å². The summed E-state index contributed by atoms with van der Waals surface area (Å²) < 4.78 is 5.26. The quantitative estimate of drug-likeness (QED) is 0.681. The van der Waals surface area contributed by atoms with E-state index in [0.29, 0.717) is 21.9 Å². The first-order valence-electron chi connectivity index (χ1n) is 6.39. The van der Waals surface area contributed by atoms with Crippen molar-refractivity contribution in [2.45, 2.75) is 0 Å². The van der Waals surface area contributed by atoms with Gasteiger partial charge in [0.15, 0.2) is 6.61 Å². The lowest BCUT2D eigenvalue weighted by Gasteiger charge is -2.05. The highest BCUT2D eigenvalue weighted by molar-refractivity contribution is 6.33. The summed E-state index contributed by atoms with van der Waals surface area (Å²) in [5, 5.41) is 12.8. The lowest BCUT2D eigenvalue weighted by molar-refractivity contribution is 0.0955. The summed E-state index contributed by atoms with van der Waals surface area (Å²) in [6.45, 7) is -0.0587. The minimum Gasteiger partial charge on any atom is -0.478 e. The van der Waals surface area contributed by atoms with Crippen LogP contribution in [0, 0.1) is 11.3 Å². The monoisotopic (exact) mass is 313 g/mol. The zero-order valence-electron chi connectivity index (χ0n) is 11.5. The minimum atomic E-state index is -0.405. The molecule has 1 N–H and O–H groups in total. The molecule has 0 spiro atoms. The standard InChI is InChI=1S/C16H12ClN3O2/c17-14-7-3-2-6-13(14)16(21)20-19-11-12-5-1-4-8-15(12)22-10-9-18/h1-8,11H,10H2,(H,20,21)/b19-11-. The zero-order chi connectivity index (χ0) is 15.8. The van der Waals surface area contributed by atoms with E-state index in [1.54, 1.807) is 48.5 Å². The minimum absolute atomic E-state index is 0.0587. The third-order valence-corrected chi connectivity index (χ3v) is 3.03. The molecular weight excluding hydrogens is 302 g/mol. The molecule has 0 fully saturated rings. The van der Waals surface area contributed by atoms with Crippen LogP contribution < -0.4 is 10.2 Å². The van der Waals surface area contributed by atoms with Crippen LogP contribution in [0.1, 0.15) is 15.9 Å². The average molecular weight is 314 g/mol. The van der Waals surface area contributed by atoms with Gasteiger partial charge in [-0.15, -0.1) is 0 Å². The van der Waals surface area contributed by atoms with E-state index in [9.17, 15) is 4.79 Å². The largest absolute Gasteiger partial charge is 0.478 e. The fourth-order valence-corrected chi connectivity index (χ4v) is 1.92. The number of benzene rings is 2. The number of ether oxygens (including phenoxy) is 1. The molecule has 0 radical (unpaired) electrons. The maximum Gasteiger partial charge on any atom is 0.272 e. The number of amides is 1. The van der Waals surface area contributed by atoms with Gasteiger partial charge in [-0.25, -0.2) is 5.43 Å². The number of nitriles is 1. The Morgan fingerprint density at radius 3 is 2.77 bits per heavy atom. The van der Waals surface area contributed by atoms with E-state index >= 15 is 0 Å². The van der Waals surface area contributed by atoms with Gasteiger partial charge in [-0.2, -0.15) is 10.4 Å². The number of hydrazone groups is 1. The van der Waals surface area contributed by atoms with Gasteiger partial charge in [0.05, 0.1) is 16.8 Å². The van der Waals surface area contributed by atoms with E-state index in [1.807, 2.05) is 6.07 Å². The summed E-state index contributed by atoms with van der Waals surface area (Å²) in [6, 6.07) is 15.7. The van der Waals surface area contributed by atoms with Crippen LogP contribution in [-0.4, -0.2) is 18.7 Å². The summed E-state index contributed by atoms with van der Waals surface area (Å²) in [7, 11) is 0. The number of nitrogens with zero attached hydrogens (tertiary/aromatic N) is 2. The molecule has 0 saturated heterocycles. The molecule has 0 aromatic heterocycles. The number of carbonyl (C=O) groups is 1. The Labute approximate surface area is 132 Å². The van der Waals surface area contributed by atoms with Crippen LogP contribution in [0.4, 0.5) is 0 Å². The Morgan fingerprint density at radius 1 is 1.27 bits per heavy atom. The van der Waals surface area contributed by atoms with E-state index in [0.717, 1.165) is 0 Å². The molecule has 2 aromatic carbocycles. The molecule has 0 aliphatic heterocycles. The summed E-state index contributed by atoms with van der Waals surface area (Å²) in [5.74, 6) is 0.108. The Hall–Kier alpha value is -2.84. The number of hydrogen-bond donors (Lipinski definition) is 1. The van der Waals surface area contributed by atoms with Crippen LogP contribution in [0.25, 0.3) is 0 Å². The van der Waals surface area contributed by atoms with Gasteiger partial charge in [0.2, 0.25) is 0 Å². The Bertz CT molecular complexity index is 738. The molecule has 0 unspecified atom stereocenters. The van der Waals surface area contributed by atoms with E-state index in [-0.39, 0.29) is 6.61 Å². The molecule has 110 valence electrons. The number of rotatable bonds is 5. The maximum atomic E-state index is 11.9. The second kappa shape index (κ2) is 7.81. The second-order valence-electron chi connectivity index (χ2n) is 4.16. The predicted octanol–water partition coefficient (Wildman–Crippen LogP) is 3.01. The fraction of sp³-hybridized carbons (Fsp3) is 0.0625. The summed E-state index contributed by atoms with van der Waals surface area (Å²) in [5.41, 5.74) is 3.39. The number of hydrogen-bond acceptors (Lipinski definition) is 4. The van der Waals surface area contributed by atoms with Gasteiger partial charge in [-0.3, -0.25) is 4.79 Å². The smallest absolute Gasteiger partial charge is 0.272 e. The molecule has 0 bridgehead atoms. The van der Waals surface area contributed by atoms with E-state index in [4.69, 9.17) is 21.6 Å². The first-order valence-corrected chi connectivity index (χ1v) is 6.77. The van der Waals surface area contributed by atoms with Crippen molar-refractivity contribution in [3.63, 3.8) is 0 Å². The molecule has 2 aromatic rings. The van der Waals surface area contributed by atoms with Crippen molar-refractivity contribution in [2.24, 2.45) is 5.10 Å². The van der Waals surface area contributed by atoms with Crippen LogP contribution in [-0.2, 0) is 0 Å². The third kappa shape index (κ3) is 4.08. The molecule has 6 heteroatoms. The molecule has 0 aliphatic rings. The van der Waals surface area contributed by atoms with Gasteiger partial charge in [-0.1, -0.05) is 35.9 Å². The van der Waals surface area contributed by atoms with E-state index in [2.05, 4.69) is 10.5 Å². The molecule has 5 nitrogen and oxygen atoms in total. The zero-order valence-corrected chi connectivity index (χ0v) is 12.2. The predicted molar refractivity (Wildman–Crippen MR) is 84.1 cm³/mol. The second-order valence-corrected chi connectivity index (χ2v) is 4.57. The lowest BCUT2D eigenvalue weighted by atomic mass is 10.2. The maximum absolute atomic E-state index is 11.9. The van der Waals surface area contributed by atoms with Crippen molar-refractivity contribution >= 4 is 23.7 Å². The summed E-state index contributed by atoms with van der Waals surface area (Å²) in [6.07, 6.45) is 1.45. The van der Waals surface area contributed by atoms with Crippen LogP contribution in [0.5, 0.6) is 5.75 Å². The Morgan fingerprint density at radius 2 is 2.00 bits per heavy atom. The average Bonchev–Trinajstić information content (AvgIpc) is 2.54. The molecular formula is C16H12ClN3O2. The van der Waals surface area contributed by atoms with Crippen LogP contribution >= 0.6 is 11.6 Å². The first kappa shape index (κ1) is 15.5. The van der Waals surface area contributed by atoms with Crippen molar-refractivity contribution in [2.75, 3.05) is 6.61 Å². The van der Waals surface area contributed by atoms with E-state index < -0.39 is 5.91 Å². The number of halogens is 1. The topological polar surface area (TPSA) is 74.5 Å². The Balaban J connectivity index is 2.06. The SMILES string of the molecule is N#CCOc1ccccc1/C=N\NC(=O)c1ccccc1Cl. The van der Waals surface area contributed by atoms with Crippen molar-refractivity contribution < 1.29 is 9.53 Å². The molecule has 0 heterocycles. The normalized spacial score (nSPS) is 10.2. The van der Waals surface area contributed by atoms with Crippen LogP contribution in [0.3, 0.4) is 0 Å². The fourth-order valence-electron chi connectivity index (χ4n) is 1.69.